The van der Waals surface area contributed by atoms with E-state index in [4.69, 9.17) is 0 Å². The van der Waals surface area contributed by atoms with Crippen molar-refractivity contribution in [2.75, 3.05) is 12.3 Å². The molecule has 88 valence electrons. The Kier molecular flexibility index (Phi) is 4.97. The number of aliphatic imine (C=N–C) groups is 1. The highest BCUT2D eigenvalue weighted by Gasteiger charge is 2.22. The Morgan fingerprint density at radius 3 is 2.47 bits per heavy atom. The molecule has 3 heteroatoms. The minimum Gasteiger partial charge on any atom is -0.361 e. The summed E-state index contributed by atoms with van der Waals surface area (Å²) in [6, 6.07) is 0.614. The molecule has 0 bridgehead atoms. The second-order valence-corrected chi connectivity index (χ2v) is 6.18. The lowest BCUT2D eigenvalue weighted by atomic mass is 9.99. The molecule has 1 aliphatic heterocycles. The first kappa shape index (κ1) is 12.9. The summed E-state index contributed by atoms with van der Waals surface area (Å²) in [6.45, 7) is 12.3. The number of rotatable bonds is 4. The molecule has 1 N–H and O–H groups in total. The van der Waals surface area contributed by atoms with Crippen LogP contribution in [0.3, 0.4) is 0 Å². The third-order valence-corrected chi connectivity index (χ3v) is 4.22. The number of nitrogens with zero attached hydrogens (tertiary/aromatic N) is 1. The second kappa shape index (κ2) is 5.78. The van der Waals surface area contributed by atoms with Crippen molar-refractivity contribution in [1.29, 1.82) is 0 Å². The Hall–Kier alpha value is -0.180. The average molecular weight is 228 g/mol. The lowest BCUT2D eigenvalue weighted by Crippen LogP contribution is -2.31. The summed E-state index contributed by atoms with van der Waals surface area (Å²) in [5.74, 6) is 3.28. The van der Waals surface area contributed by atoms with Crippen molar-refractivity contribution in [2.24, 2.45) is 22.7 Å². The van der Waals surface area contributed by atoms with Crippen LogP contribution < -0.4 is 5.32 Å². The van der Waals surface area contributed by atoms with Gasteiger partial charge in [-0.1, -0.05) is 46.4 Å². The van der Waals surface area contributed by atoms with E-state index < -0.39 is 0 Å². The molecule has 2 atom stereocenters. The van der Waals surface area contributed by atoms with E-state index in [0.29, 0.717) is 17.9 Å². The van der Waals surface area contributed by atoms with Crippen LogP contribution in [0.4, 0.5) is 0 Å². The van der Waals surface area contributed by atoms with E-state index in [9.17, 15) is 0 Å². The molecular weight excluding hydrogens is 204 g/mol. The molecule has 1 saturated heterocycles. The fourth-order valence-electron chi connectivity index (χ4n) is 1.30. The molecule has 0 amide bonds. The maximum absolute atomic E-state index is 4.65. The molecule has 1 rings (SSSR count). The van der Waals surface area contributed by atoms with E-state index in [1.54, 1.807) is 0 Å². The third-order valence-electron chi connectivity index (χ3n) is 3.17. The Morgan fingerprint density at radius 2 is 2.00 bits per heavy atom. The number of hydrogen-bond acceptors (Lipinski definition) is 2. The molecule has 1 unspecified atom stereocenters. The van der Waals surface area contributed by atoms with Gasteiger partial charge in [-0.15, -0.1) is 0 Å². The SMILES string of the molecule is CC(C)C(C)CN=C1N[C@@H](C(C)C)CS1. The average Bonchev–Trinajstić information content (AvgIpc) is 2.62. The summed E-state index contributed by atoms with van der Waals surface area (Å²) in [5.41, 5.74) is 0. The highest BCUT2D eigenvalue weighted by atomic mass is 32.2. The summed E-state index contributed by atoms with van der Waals surface area (Å²) < 4.78 is 0. The highest BCUT2D eigenvalue weighted by molar-refractivity contribution is 8.14. The van der Waals surface area contributed by atoms with Gasteiger partial charge >= 0.3 is 0 Å². The maximum atomic E-state index is 4.65. The first-order chi connectivity index (χ1) is 7.00. The smallest absolute Gasteiger partial charge is 0.156 e. The number of hydrogen-bond donors (Lipinski definition) is 1. The van der Waals surface area contributed by atoms with Gasteiger partial charge in [0.05, 0.1) is 0 Å². The van der Waals surface area contributed by atoms with Crippen LogP contribution in [0.15, 0.2) is 4.99 Å². The second-order valence-electron chi connectivity index (χ2n) is 5.17. The Balaban J connectivity index is 2.37. The first-order valence-corrected chi connectivity index (χ1v) is 6.93. The molecule has 0 radical (unpaired) electrons. The summed E-state index contributed by atoms with van der Waals surface area (Å²) in [4.78, 5) is 4.65. The van der Waals surface area contributed by atoms with E-state index in [-0.39, 0.29) is 0 Å². The van der Waals surface area contributed by atoms with Crippen molar-refractivity contribution in [1.82, 2.24) is 5.32 Å². The maximum Gasteiger partial charge on any atom is 0.156 e. The van der Waals surface area contributed by atoms with Crippen LogP contribution in [-0.4, -0.2) is 23.5 Å². The molecule has 1 heterocycles. The molecule has 1 fully saturated rings. The number of amidine groups is 1. The predicted octanol–water partition coefficient (Wildman–Crippen LogP) is 3.00. The van der Waals surface area contributed by atoms with Gasteiger partial charge in [0.1, 0.15) is 0 Å². The Labute approximate surface area is 98.3 Å². The molecule has 0 aromatic rings. The summed E-state index contributed by atoms with van der Waals surface area (Å²) in [5, 5.41) is 4.65. The normalized spacial score (nSPS) is 26.3. The zero-order valence-corrected chi connectivity index (χ0v) is 11.4. The lowest BCUT2D eigenvalue weighted by molar-refractivity contribution is 0.429. The van der Waals surface area contributed by atoms with E-state index in [2.05, 4.69) is 44.9 Å². The quantitative estimate of drug-likeness (QED) is 0.800. The highest BCUT2D eigenvalue weighted by Crippen LogP contribution is 2.19. The van der Waals surface area contributed by atoms with Crippen molar-refractivity contribution in [2.45, 2.75) is 40.7 Å². The molecule has 0 saturated carbocycles. The molecule has 0 aliphatic carbocycles. The summed E-state index contributed by atoms with van der Waals surface area (Å²) >= 11 is 1.87. The van der Waals surface area contributed by atoms with Crippen molar-refractivity contribution in [3.05, 3.63) is 0 Å². The third kappa shape index (κ3) is 4.06. The van der Waals surface area contributed by atoms with Gasteiger partial charge in [0.2, 0.25) is 0 Å². The molecule has 2 nitrogen and oxygen atoms in total. The zero-order valence-electron chi connectivity index (χ0n) is 10.6. The van der Waals surface area contributed by atoms with Crippen LogP contribution in [-0.2, 0) is 0 Å². The van der Waals surface area contributed by atoms with Crippen LogP contribution in [0.5, 0.6) is 0 Å². The Bertz CT molecular complexity index is 224. The van der Waals surface area contributed by atoms with E-state index in [1.165, 1.54) is 5.75 Å². The summed E-state index contributed by atoms with van der Waals surface area (Å²) in [7, 11) is 0. The van der Waals surface area contributed by atoms with Crippen LogP contribution in [0.2, 0.25) is 0 Å². The zero-order chi connectivity index (χ0) is 11.4. The van der Waals surface area contributed by atoms with Gasteiger partial charge < -0.3 is 5.32 Å². The van der Waals surface area contributed by atoms with Gasteiger partial charge in [0, 0.05) is 18.3 Å². The van der Waals surface area contributed by atoms with Crippen molar-refractivity contribution >= 4 is 16.9 Å². The fourth-order valence-corrected chi connectivity index (χ4v) is 2.50. The van der Waals surface area contributed by atoms with E-state index in [0.717, 1.165) is 17.6 Å². The molecule has 0 aromatic carbocycles. The minimum absolute atomic E-state index is 0.614. The molecule has 0 spiro atoms. The van der Waals surface area contributed by atoms with Crippen molar-refractivity contribution in [3.8, 4) is 0 Å². The number of nitrogens with one attached hydrogen (secondary N) is 1. The van der Waals surface area contributed by atoms with Crippen LogP contribution >= 0.6 is 11.8 Å². The standard InChI is InChI=1S/C12H24N2S/c1-8(2)10(5)6-13-12-14-11(7-15-12)9(3)4/h8-11H,6-7H2,1-5H3,(H,13,14)/t10?,11-/m1/s1. The van der Waals surface area contributed by atoms with Crippen LogP contribution in [0.1, 0.15) is 34.6 Å². The lowest BCUT2D eigenvalue weighted by Gasteiger charge is -2.14. The predicted molar refractivity (Wildman–Crippen MR) is 70.5 cm³/mol. The number of thioether (sulfide) groups is 1. The molecule has 1 aliphatic rings. The largest absolute Gasteiger partial charge is 0.361 e. The van der Waals surface area contributed by atoms with Gasteiger partial charge in [-0.05, 0) is 17.8 Å². The molecule has 0 aromatic heterocycles. The summed E-state index contributed by atoms with van der Waals surface area (Å²) in [6.07, 6.45) is 0. The first-order valence-electron chi connectivity index (χ1n) is 5.94. The van der Waals surface area contributed by atoms with Crippen molar-refractivity contribution in [3.63, 3.8) is 0 Å². The van der Waals surface area contributed by atoms with Gasteiger partial charge in [0.15, 0.2) is 5.17 Å². The molecule has 15 heavy (non-hydrogen) atoms. The van der Waals surface area contributed by atoms with Gasteiger partial charge in [-0.25, -0.2) is 0 Å². The topological polar surface area (TPSA) is 24.4 Å². The van der Waals surface area contributed by atoms with Gasteiger partial charge in [-0.2, -0.15) is 0 Å². The minimum atomic E-state index is 0.614. The van der Waals surface area contributed by atoms with Crippen molar-refractivity contribution < 1.29 is 0 Å². The van der Waals surface area contributed by atoms with Gasteiger partial charge in [0.25, 0.3) is 0 Å². The fraction of sp³-hybridized carbons (Fsp3) is 0.917. The monoisotopic (exact) mass is 228 g/mol. The van der Waals surface area contributed by atoms with E-state index in [1.807, 2.05) is 11.8 Å². The molecular formula is C12H24N2S. The van der Waals surface area contributed by atoms with Crippen LogP contribution in [0, 0.1) is 17.8 Å². The van der Waals surface area contributed by atoms with Crippen LogP contribution in [0.25, 0.3) is 0 Å². The van der Waals surface area contributed by atoms with Gasteiger partial charge in [-0.3, -0.25) is 4.99 Å². The Morgan fingerprint density at radius 1 is 1.33 bits per heavy atom. The van der Waals surface area contributed by atoms with E-state index >= 15 is 0 Å².